The van der Waals surface area contributed by atoms with E-state index in [-0.39, 0.29) is 11.5 Å². The fraction of sp³-hybridized carbons (Fsp3) is 0.211. The van der Waals surface area contributed by atoms with Crippen LogP contribution in [-0.2, 0) is 6.42 Å². The number of hydrogen-bond acceptors (Lipinski definition) is 3. The SMILES string of the molecule is CC(C)Cc1oc2ccccc2c1C(=O)c1cc(I)c(O)c(I)c1. The van der Waals surface area contributed by atoms with Gasteiger partial charge in [-0.25, -0.2) is 0 Å². The highest BCUT2D eigenvalue weighted by Crippen LogP contribution is 2.32. The molecule has 24 heavy (non-hydrogen) atoms. The van der Waals surface area contributed by atoms with Crippen molar-refractivity contribution in [1.82, 2.24) is 0 Å². The number of ketones is 1. The molecule has 0 radical (unpaired) electrons. The number of hydrogen-bond donors (Lipinski definition) is 1. The fourth-order valence-corrected chi connectivity index (χ4v) is 4.47. The molecule has 0 unspecified atom stereocenters. The minimum absolute atomic E-state index is 0.0635. The van der Waals surface area contributed by atoms with Crippen molar-refractivity contribution in [2.45, 2.75) is 20.3 Å². The summed E-state index contributed by atoms with van der Waals surface area (Å²) in [5.41, 5.74) is 1.94. The predicted molar refractivity (Wildman–Crippen MR) is 112 cm³/mol. The lowest BCUT2D eigenvalue weighted by atomic mass is 9.97. The van der Waals surface area contributed by atoms with Crippen molar-refractivity contribution in [1.29, 1.82) is 0 Å². The van der Waals surface area contributed by atoms with Crippen LogP contribution < -0.4 is 0 Å². The maximum Gasteiger partial charge on any atom is 0.197 e. The van der Waals surface area contributed by atoms with Gasteiger partial charge in [0.25, 0.3) is 0 Å². The maximum atomic E-state index is 13.2. The molecule has 124 valence electrons. The molecule has 1 aromatic heterocycles. The number of phenols is 1. The van der Waals surface area contributed by atoms with Gasteiger partial charge in [-0.05, 0) is 69.3 Å². The highest BCUT2D eigenvalue weighted by atomic mass is 127. The van der Waals surface area contributed by atoms with Gasteiger partial charge in [0.15, 0.2) is 5.78 Å². The molecule has 0 aliphatic heterocycles. The number of carbonyl (C=O) groups is 1. The zero-order chi connectivity index (χ0) is 17.4. The van der Waals surface area contributed by atoms with Gasteiger partial charge in [0.1, 0.15) is 17.1 Å². The standard InChI is InChI=1S/C19H16I2O3/c1-10(2)7-16-17(12-5-3-4-6-15(12)24-16)18(22)11-8-13(20)19(23)14(21)9-11/h3-6,8-10,23H,7H2,1-2H3. The number of carbonyl (C=O) groups excluding carboxylic acids is 1. The Bertz CT molecular complexity index is 903. The van der Waals surface area contributed by atoms with Gasteiger partial charge in [-0.15, -0.1) is 0 Å². The number of aromatic hydroxyl groups is 1. The summed E-state index contributed by atoms with van der Waals surface area (Å²) in [6, 6.07) is 11.1. The van der Waals surface area contributed by atoms with Crippen LogP contribution in [-0.4, -0.2) is 10.9 Å². The highest BCUT2D eigenvalue weighted by Gasteiger charge is 2.23. The van der Waals surface area contributed by atoms with Gasteiger partial charge < -0.3 is 9.52 Å². The molecule has 3 aromatic rings. The molecule has 1 heterocycles. The number of para-hydroxylation sites is 1. The van der Waals surface area contributed by atoms with Gasteiger partial charge in [-0.1, -0.05) is 32.0 Å². The normalized spacial score (nSPS) is 11.4. The third-order valence-electron chi connectivity index (χ3n) is 3.77. The molecule has 3 rings (SSSR count). The number of phenolic OH excluding ortho intramolecular Hbond substituents is 1. The molecule has 0 atom stereocenters. The molecular formula is C19H16I2O3. The quantitative estimate of drug-likeness (QED) is 0.334. The van der Waals surface area contributed by atoms with Crippen LogP contribution in [0.3, 0.4) is 0 Å². The summed E-state index contributed by atoms with van der Waals surface area (Å²) in [6.07, 6.45) is 0.710. The summed E-state index contributed by atoms with van der Waals surface area (Å²) in [7, 11) is 0. The Morgan fingerprint density at radius 3 is 2.42 bits per heavy atom. The molecule has 1 N–H and O–H groups in total. The number of furan rings is 1. The summed E-state index contributed by atoms with van der Waals surface area (Å²) in [6.45, 7) is 4.21. The Morgan fingerprint density at radius 2 is 1.79 bits per heavy atom. The van der Waals surface area contributed by atoms with Gasteiger partial charge in [-0.3, -0.25) is 4.79 Å². The zero-order valence-corrected chi connectivity index (χ0v) is 17.6. The molecule has 0 saturated heterocycles. The Morgan fingerprint density at radius 1 is 1.17 bits per heavy atom. The summed E-state index contributed by atoms with van der Waals surface area (Å²) in [4.78, 5) is 13.2. The van der Waals surface area contributed by atoms with Crippen molar-refractivity contribution in [3.63, 3.8) is 0 Å². The number of rotatable bonds is 4. The summed E-state index contributed by atoms with van der Waals surface area (Å²) < 4.78 is 7.30. The molecule has 0 aliphatic rings. The summed E-state index contributed by atoms with van der Waals surface area (Å²) in [5.74, 6) is 1.27. The van der Waals surface area contributed by atoms with E-state index in [0.717, 1.165) is 16.7 Å². The van der Waals surface area contributed by atoms with Crippen molar-refractivity contribution in [3.8, 4) is 5.75 Å². The first-order valence-electron chi connectivity index (χ1n) is 7.61. The van der Waals surface area contributed by atoms with E-state index in [9.17, 15) is 9.90 Å². The first-order chi connectivity index (χ1) is 11.4. The number of fused-ring (bicyclic) bond motifs is 1. The molecule has 0 saturated carbocycles. The number of halogens is 2. The van der Waals surface area contributed by atoms with E-state index >= 15 is 0 Å². The highest BCUT2D eigenvalue weighted by molar-refractivity contribution is 14.1. The number of benzene rings is 2. The van der Waals surface area contributed by atoms with E-state index in [2.05, 4.69) is 13.8 Å². The third-order valence-corrected chi connectivity index (χ3v) is 5.41. The van der Waals surface area contributed by atoms with Crippen molar-refractivity contribution in [2.24, 2.45) is 5.92 Å². The minimum Gasteiger partial charge on any atom is -0.506 e. The summed E-state index contributed by atoms with van der Waals surface area (Å²) in [5, 5.41) is 10.8. The van der Waals surface area contributed by atoms with E-state index in [1.807, 2.05) is 69.4 Å². The average Bonchev–Trinajstić information content (AvgIpc) is 2.88. The Kier molecular flexibility index (Phi) is 5.19. The molecule has 2 aromatic carbocycles. The Balaban J connectivity index is 2.19. The van der Waals surface area contributed by atoms with E-state index in [1.165, 1.54) is 0 Å². The van der Waals surface area contributed by atoms with Crippen LogP contribution in [0.5, 0.6) is 5.75 Å². The molecule has 3 nitrogen and oxygen atoms in total. The Labute approximate surface area is 167 Å². The lowest BCUT2D eigenvalue weighted by molar-refractivity contribution is 0.103. The Hall–Kier alpha value is -1.09. The minimum atomic E-state index is -0.0635. The first-order valence-corrected chi connectivity index (χ1v) is 9.77. The fourth-order valence-electron chi connectivity index (χ4n) is 2.70. The van der Waals surface area contributed by atoms with Gasteiger partial charge >= 0.3 is 0 Å². The zero-order valence-electron chi connectivity index (χ0n) is 13.3. The maximum absolute atomic E-state index is 13.2. The van der Waals surface area contributed by atoms with Crippen LogP contribution in [0.25, 0.3) is 11.0 Å². The smallest absolute Gasteiger partial charge is 0.197 e. The van der Waals surface area contributed by atoms with Crippen molar-refractivity contribution < 1.29 is 14.3 Å². The summed E-state index contributed by atoms with van der Waals surface area (Å²) >= 11 is 4.09. The van der Waals surface area contributed by atoms with E-state index in [0.29, 0.717) is 30.6 Å². The molecule has 0 bridgehead atoms. The largest absolute Gasteiger partial charge is 0.506 e. The topological polar surface area (TPSA) is 50.4 Å². The lowest BCUT2D eigenvalue weighted by Crippen LogP contribution is -2.06. The lowest BCUT2D eigenvalue weighted by Gasteiger charge is -2.08. The van der Waals surface area contributed by atoms with Gasteiger partial charge in [0, 0.05) is 17.4 Å². The van der Waals surface area contributed by atoms with Gasteiger partial charge in [0.05, 0.1) is 12.7 Å². The second-order valence-electron chi connectivity index (χ2n) is 6.11. The van der Waals surface area contributed by atoms with Crippen LogP contribution in [0.15, 0.2) is 40.8 Å². The van der Waals surface area contributed by atoms with Crippen LogP contribution in [0.2, 0.25) is 0 Å². The molecule has 0 aliphatic carbocycles. The van der Waals surface area contributed by atoms with Crippen molar-refractivity contribution in [3.05, 3.63) is 60.4 Å². The second-order valence-corrected chi connectivity index (χ2v) is 8.44. The van der Waals surface area contributed by atoms with Crippen molar-refractivity contribution >= 4 is 61.9 Å². The van der Waals surface area contributed by atoms with Crippen LogP contribution in [0.1, 0.15) is 35.5 Å². The third kappa shape index (κ3) is 3.33. The molecule has 0 fully saturated rings. The first kappa shape index (κ1) is 17.7. The molecule has 5 heteroatoms. The van der Waals surface area contributed by atoms with Gasteiger partial charge in [0.2, 0.25) is 0 Å². The van der Waals surface area contributed by atoms with E-state index < -0.39 is 0 Å². The predicted octanol–water partition coefficient (Wildman–Crippen LogP) is 5.78. The van der Waals surface area contributed by atoms with E-state index in [1.54, 1.807) is 12.1 Å². The molecule has 0 amide bonds. The van der Waals surface area contributed by atoms with Crippen LogP contribution in [0.4, 0.5) is 0 Å². The van der Waals surface area contributed by atoms with Crippen LogP contribution in [0, 0.1) is 13.1 Å². The molecule has 0 spiro atoms. The second kappa shape index (κ2) is 7.03. The van der Waals surface area contributed by atoms with E-state index in [4.69, 9.17) is 4.42 Å². The average molecular weight is 546 g/mol. The van der Waals surface area contributed by atoms with Crippen molar-refractivity contribution in [2.75, 3.05) is 0 Å². The van der Waals surface area contributed by atoms with Crippen LogP contribution >= 0.6 is 45.2 Å². The monoisotopic (exact) mass is 546 g/mol. The molecular weight excluding hydrogens is 530 g/mol. The van der Waals surface area contributed by atoms with Gasteiger partial charge in [-0.2, -0.15) is 0 Å².